The van der Waals surface area contributed by atoms with Crippen LogP contribution >= 0.6 is 0 Å². The Morgan fingerprint density at radius 2 is 2.13 bits per heavy atom. The van der Waals surface area contributed by atoms with Gasteiger partial charge < -0.3 is 25.7 Å². The lowest BCUT2D eigenvalue weighted by Crippen LogP contribution is -2.53. The van der Waals surface area contributed by atoms with Gasteiger partial charge in [-0.05, 0) is 25.1 Å². The van der Waals surface area contributed by atoms with Crippen molar-refractivity contribution in [2.75, 3.05) is 26.2 Å². The van der Waals surface area contributed by atoms with E-state index in [0.29, 0.717) is 13.2 Å². The molecule has 0 radical (unpaired) electrons. The van der Waals surface area contributed by atoms with Crippen LogP contribution in [0.3, 0.4) is 0 Å². The number of nitrogens with two attached hydrogens (primary N) is 2. The van der Waals surface area contributed by atoms with Gasteiger partial charge in [-0.1, -0.05) is 12.1 Å². The topological polar surface area (TPSA) is 100 Å². The summed E-state index contributed by atoms with van der Waals surface area (Å²) < 4.78 is 16.8. The van der Waals surface area contributed by atoms with Crippen molar-refractivity contribution in [3.05, 3.63) is 24.3 Å². The van der Waals surface area contributed by atoms with Gasteiger partial charge in [-0.25, -0.2) is 4.79 Å². The number of primary amides is 1. The monoisotopic (exact) mass is 321 g/mol. The lowest BCUT2D eigenvalue weighted by Gasteiger charge is -2.36. The molecule has 1 fully saturated rings. The van der Waals surface area contributed by atoms with Gasteiger partial charge in [-0.3, -0.25) is 4.90 Å². The minimum atomic E-state index is -0.770. The fraction of sp³-hybridized carbons (Fsp3) is 0.562. The Hall–Kier alpha value is -1.99. The number of hydrogen-bond acceptors (Lipinski definition) is 6. The van der Waals surface area contributed by atoms with Gasteiger partial charge in [0.2, 0.25) is 0 Å². The quantitative estimate of drug-likeness (QED) is 0.847. The molecule has 2 aliphatic rings. The molecule has 1 amide bonds. The van der Waals surface area contributed by atoms with Crippen LogP contribution in [0.15, 0.2) is 24.3 Å². The lowest BCUT2D eigenvalue weighted by molar-refractivity contribution is 0.0236. The van der Waals surface area contributed by atoms with Crippen molar-refractivity contribution in [1.82, 2.24) is 4.90 Å². The Bertz CT molecular complexity index is 554. The van der Waals surface area contributed by atoms with Crippen LogP contribution in [0, 0.1) is 0 Å². The summed E-state index contributed by atoms with van der Waals surface area (Å²) in [5.41, 5.74) is 11.1. The molecule has 0 spiro atoms. The van der Waals surface area contributed by atoms with Crippen LogP contribution < -0.4 is 20.9 Å². The Morgan fingerprint density at radius 3 is 2.91 bits per heavy atom. The van der Waals surface area contributed by atoms with E-state index in [-0.39, 0.29) is 18.2 Å². The first kappa shape index (κ1) is 15.9. The molecule has 0 saturated carbocycles. The number of rotatable bonds is 4. The summed E-state index contributed by atoms with van der Waals surface area (Å²) in [5, 5.41) is 0. The van der Waals surface area contributed by atoms with Crippen LogP contribution in [-0.2, 0) is 4.74 Å². The third-order valence-electron chi connectivity index (χ3n) is 4.30. The Morgan fingerprint density at radius 1 is 1.35 bits per heavy atom. The average Bonchev–Trinajstić information content (AvgIpc) is 2.55. The fourth-order valence-electron chi connectivity index (χ4n) is 3.01. The molecule has 1 unspecified atom stereocenters. The molecule has 7 heteroatoms. The zero-order chi connectivity index (χ0) is 16.2. The van der Waals surface area contributed by atoms with E-state index in [0.717, 1.165) is 37.4 Å². The van der Waals surface area contributed by atoms with E-state index >= 15 is 0 Å². The van der Waals surface area contributed by atoms with Gasteiger partial charge >= 0.3 is 6.09 Å². The van der Waals surface area contributed by atoms with Crippen molar-refractivity contribution >= 4 is 6.09 Å². The summed E-state index contributed by atoms with van der Waals surface area (Å²) in [5.74, 6) is 1.59. The summed E-state index contributed by atoms with van der Waals surface area (Å²) in [4.78, 5) is 13.2. The molecule has 4 N–H and O–H groups in total. The van der Waals surface area contributed by atoms with Crippen molar-refractivity contribution < 1.29 is 19.0 Å². The van der Waals surface area contributed by atoms with Gasteiger partial charge in [-0.15, -0.1) is 0 Å². The van der Waals surface area contributed by atoms with Gasteiger partial charge in [0.25, 0.3) is 0 Å². The van der Waals surface area contributed by atoms with E-state index in [1.807, 2.05) is 24.3 Å². The molecule has 3 atom stereocenters. The van der Waals surface area contributed by atoms with Crippen LogP contribution in [0.1, 0.15) is 12.8 Å². The first-order valence-corrected chi connectivity index (χ1v) is 7.94. The molecule has 126 valence electrons. The minimum absolute atomic E-state index is 0.0241. The average molecular weight is 321 g/mol. The van der Waals surface area contributed by atoms with E-state index in [1.54, 1.807) is 0 Å². The summed E-state index contributed by atoms with van der Waals surface area (Å²) in [6.45, 7) is 2.87. The van der Waals surface area contributed by atoms with Crippen molar-refractivity contribution in [3.8, 4) is 11.5 Å². The van der Waals surface area contributed by atoms with Gasteiger partial charge in [-0.2, -0.15) is 0 Å². The van der Waals surface area contributed by atoms with Crippen LogP contribution in [0.2, 0.25) is 0 Å². The highest BCUT2D eigenvalue weighted by molar-refractivity contribution is 5.64. The molecular formula is C16H23N3O4. The smallest absolute Gasteiger partial charge is 0.404 e. The van der Waals surface area contributed by atoms with Gasteiger partial charge in [0, 0.05) is 25.6 Å². The molecule has 2 heterocycles. The maximum Gasteiger partial charge on any atom is 0.404 e. The highest BCUT2D eigenvalue weighted by Crippen LogP contribution is 2.31. The maximum atomic E-state index is 10.9. The van der Waals surface area contributed by atoms with E-state index in [4.69, 9.17) is 25.7 Å². The van der Waals surface area contributed by atoms with E-state index in [9.17, 15) is 4.79 Å². The number of likely N-dealkylation sites (tertiary alicyclic amines) is 1. The first-order chi connectivity index (χ1) is 11.1. The Balaban J connectivity index is 1.48. The third-order valence-corrected chi connectivity index (χ3v) is 4.30. The van der Waals surface area contributed by atoms with Crippen LogP contribution in [-0.4, -0.2) is 55.5 Å². The number of carbonyl (C=O) groups is 1. The molecule has 23 heavy (non-hydrogen) atoms. The highest BCUT2D eigenvalue weighted by atomic mass is 16.6. The number of ether oxygens (including phenoxy) is 3. The number of nitrogens with zero attached hydrogens (tertiary/aromatic N) is 1. The highest BCUT2D eigenvalue weighted by Gasteiger charge is 2.30. The van der Waals surface area contributed by atoms with E-state index in [1.165, 1.54) is 0 Å². The fourth-order valence-corrected chi connectivity index (χ4v) is 3.01. The first-order valence-electron chi connectivity index (χ1n) is 7.94. The Kier molecular flexibility index (Phi) is 4.88. The SMILES string of the molecule is NC(=O)O[C@H]1CN(CCC2COc3ccccc3O2)CC[C@@H]1N. The second-order valence-corrected chi connectivity index (χ2v) is 6.01. The summed E-state index contributed by atoms with van der Waals surface area (Å²) >= 11 is 0. The number of piperidine rings is 1. The predicted octanol–water partition coefficient (Wildman–Crippen LogP) is 0.713. The van der Waals surface area contributed by atoms with Crippen molar-refractivity contribution in [1.29, 1.82) is 0 Å². The molecular weight excluding hydrogens is 298 g/mol. The van der Waals surface area contributed by atoms with Gasteiger partial charge in [0.15, 0.2) is 11.5 Å². The molecule has 0 bridgehead atoms. The number of carbonyl (C=O) groups excluding carboxylic acids is 1. The largest absolute Gasteiger partial charge is 0.486 e. The number of benzene rings is 1. The second kappa shape index (κ2) is 7.06. The summed E-state index contributed by atoms with van der Waals surface area (Å²) in [6.07, 6.45) is 0.532. The molecule has 0 aliphatic carbocycles. The minimum Gasteiger partial charge on any atom is -0.486 e. The summed E-state index contributed by atoms with van der Waals surface area (Å²) in [7, 11) is 0. The van der Waals surface area contributed by atoms with E-state index < -0.39 is 6.09 Å². The molecule has 1 saturated heterocycles. The number of hydrogen-bond donors (Lipinski definition) is 2. The van der Waals surface area contributed by atoms with Gasteiger partial charge in [0.1, 0.15) is 18.8 Å². The molecule has 0 aromatic heterocycles. The molecule has 2 aliphatic heterocycles. The molecule has 3 rings (SSSR count). The van der Waals surface area contributed by atoms with Crippen LogP contribution in [0.25, 0.3) is 0 Å². The zero-order valence-corrected chi connectivity index (χ0v) is 13.0. The molecule has 7 nitrogen and oxygen atoms in total. The number of fused-ring (bicyclic) bond motifs is 1. The molecule has 1 aromatic carbocycles. The zero-order valence-electron chi connectivity index (χ0n) is 13.0. The maximum absolute atomic E-state index is 10.9. The van der Waals surface area contributed by atoms with Crippen LogP contribution in [0.5, 0.6) is 11.5 Å². The van der Waals surface area contributed by atoms with Crippen molar-refractivity contribution in [2.24, 2.45) is 11.5 Å². The van der Waals surface area contributed by atoms with Crippen molar-refractivity contribution in [2.45, 2.75) is 31.1 Å². The predicted molar refractivity (Wildman–Crippen MR) is 84.5 cm³/mol. The van der Waals surface area contributed by atoms with Gasteiger partial charge in [0.05, 0.1) is 0 Å². The summed E-state index contributed by atoms with van der Waals surface area (Å²) in [6, 6.07) is 7.53. The standard InChI is InChI=1S/C16H23N3O4/c17-12-6-8-19(9-15(12)23-16(18)20)7-5-11-10-21-13-3-1-2-4-14(13)22-11/h1-4,11-12,15H,5-10,17H2,(H2,18,20)/t11?,12-,15-/m0/s1. The molecule has 1 aromatic rings. The third kappa shape index (κ3) is 4.05. The van der Waals surface area contributed by atoms with Crippen LogP contribution in [0.4, 0.5) is 4.79 Å². The lowest BCUT2D eigenvalue weighted by atomic mass is 10.0. The normalized spacial score (nSPS) is 27.4. The second-order valence-electron chi connectivity index (χ2n) is 6.01. The number of amides is 1. The number of para-hydroxylation sites is 2. The van der Waals surface area contributed by atoms with E-state index in [2.05, 4.69) is 4.90 Å². The Labute approximate surface area is 135 Å². The van der Waals surface area contributed by atoms with Crippen molar-refractivity contribution in [3.63, 3.8) is 0 Å².